The van der Waals surface area contributed by atoms with E-state index in [-0.39, 0.29) is 23.7 Å². The summed E-state index contributed by atoms with van der Waals surface area (Å²) in [5.41, 5.74) is 1.88. The highest BCUT2D eigenvalue weighted by Crippen LogP contribution is 2.29. The van der Waals surface area contributed by atoms with Crippen molar-refractivity contribution in [1.29, 1.82) is 0 Å². The number of hydrogen-bond acceptors (Lipinski definition) is 5. The first-order chi connectivity index (χ1) is 14.2. The van der Waals surface area contributed by atoms with Crippen molar-refractivity contribution < 1.29 is 13.9 Å². The summed E-state index contributed by atoms with van der Waals surface area (Å²) in [6, 6.07) is 15.0. The first-order valence-corrected chi connectivity index (χ1v) is 9.88. The van der Waals surface area contributed by atoms with Crippen LogP contribution >= 0.6 is 12.4 Å². The molecule has 0 saturated carbocycles. The monoisotopic (exact) mass is 430 g/mol. The number of furan rings is 1. The van der Waals surface area contributed by atoms with Gasteiger partial charge in [0, 0.05) is 25.1 Å². The second-order valence-corrected chi connectivity index (χ2v) is 7.51. The molecule has 1 aliphatic heterocycles. The summed E-state index contributed by atoms with van der Waals surface area (Å²) in [6.07, 6.45) is 3.54. The van der Waals surface area contributed by atoms with Crippen molar-refractivity contribution in [3.63, 3.8) is 0 Å². The maximum absolute atomic E-state index is 13.2. The molecule has 1 aliphatic rings. The van der Waals surface area contributed by atoms with Gasteiger partial charge in [-0.1, -0.05) is 18.2 Å². The Morgan fingerprint density at radius 2 is 2.00 bits per heavy atom. The Hall–Kier alpha value is -2.61. The fourth-order valence-electron chi connectivity index (χ4n) is 3.85. The summed E-state index contributed by atoms with van der Waals surface area (Å²) in [7, 11) is 1.71. The SMILES string of the molecule is COCC1(CNC(=O)c2cc(-c3ccco3)nn2-c2ccccc2)CCNCC1.Cl. The number of piperidine rings is 1. The minimum absolute atomic E-state index is 0. The predicted octanol–water partition coefficient (Wildman–Crippen LogP) is 3.30. The molecule has 0 atom stereocenters. The van der Waals surface area contributed by atoms with Gasteiger partial charge in [0.2, 0.25) is 0 Å². The van der Waals surface area contributed by atoms with Gasteiger partial charge >= 0.3 is 0 Å². The average Bonchev–Trinajstić information content (AvgIpc) is 3.44. The molecule has 0 bridgehead atoms. The van der Waals surface area contributed by atoms with Crippen molar-refractivity contribution in [1.82, 2.24) is 20.4 Å². The first-order valence-electron chi connectivity index (χ1n) is 9.88. The lowest BCUT2D eigenvalue weighted by atomic mass is 9.79. The van der Waals surface area contributed by atoms with Crippen LogP contribution in [0.1, 0.15) is 23.3 Å². The Morgan fingerprint density at radius 1 is 1.23 bits per heavy atom. The molecule has 7 nitrogen and oxygen atoms in total. The van der Waals surface area contributed by atoms with Crippen molar-refractivity contribution >= 4 is 18.3 Å². The summed E-state index contributed by atoms with van der Waals surface area (Å²) in [6.45, 7) is 3.07. The van der Waals surface area contributed by atoms with Gasteiger partial charge in [0.15, 0.2) is 5.76 Å². The van der Waals surface area contributed by atoms with Gasteiger partial charge in [-0.3, -0.25) is 4.79 Å². The van der Waals surface area contributed by atoms with Gasteiger partial charge in [-0.05, 0) is 50.2 Å². The molecule has 0 radical (unpaired) electrons. The normalized spacial score (nSPS) is 15.4. The largest absolute Gasteiger partial charge is 0.463 e. The molecule has 3 aromatic rings. The third-order valence-electron chi connectivity index (χ3n) is 5.46. The smallest absolute Gasteiger partial charge is 0.270 e. The number of rotatable bonds is 7. The summed E-state index contributed by atoms with van der Waals surface area (Å²) in [5, 5.41) is 11.1. The number of nitrogens with one attached hydrogen (secondary N) is 2. The summed E-state index contributed by atoms with van der Waals surface area (Å²) >= 11 is 0. The lowest BCUT2D eigenvalue weighted by Crippen LogP contribution is -2.47. The molecule has 2 N–H and O–H groups in total. The summed E-state index contributed by atoms with van der Waals surface area (Å²) in [4.78, 5) is 13.2. The van der Waals surface area contributed by atoms with Gasteiger partial charge < -0.3 is 19.8 Å². The number of halogens is 1. The van der Waals surface area contributed by atoms with Gasteiger partial charge in [-0.2, -0.15) is 5.10 Å². The number of benzene rings is 1. The van der Waals surface area contributed by atoms with Crippen molar-refractivity contribution in [2.75, 3.05) is 33.4 Å². The summed E-state index contributed by atoms with van der Waals surface area (Å²) in [5.74, 6) is 0.469. The van der Waals surface area contributed by atoms with Crippen LogP contribution in [0.25, 0.3) is 17.1 Å². The molecule has 1 aromatic carbocycles. The molecular formula is C22H27ClN4O3. The van der Waals surface area contributed by atoms with E-state index < -0.39 is 0 Å². The van der Waals surface area contributed by atoms with Crippen LogP contribution in [0.15, 0.2) is 59.2 Å². The number of amides is 1. The Morgan fingerprint density at radius 3 is 2.67 bits per heavy atom. The molecule has 2 aromatic heterocycles. The quantitative estimate of drug-likeness (QED) is 0.601. The van der Waals surface area contributed by atoms with E-state index in [1.807, 2.05) is 42.5 Å². The van der Waals surface area contributed by atoms with Crippen LogP contribution in [0.4, 0.5) is 0 Å². The number of hydrogen-bond donors (Lipinski definition) is 2. The summed E-state index contributed by atoms with van der Waals surface area (Å²) < 4.78 is 12.6. The van der Waals surface area contributed by atoms with Crippen LogP contribution in [0.2, 0.25) is 0 Å². The molecule has 1 fully saturated rings. The van der Waals surface area contributed by atoms with E-state index in [0.717, 1.165) is 31.6 Å². The van der Waals surface area contributed by atoms with Crippen LogP contribution < -0.4 is 10.6 Å². The van der Waals surface area contributed by atoms with Crippen molar-refractivity contribution in [3.05, 3.63) is 60.5 Å². The first kappa shape index (κ1) is 22.1. The van der Waals surface area contributed by atoms with Gasteiger partial charge in [0.25, 0.3) is 5.91 Å². The number of methoxy groups -OCH3 is 1. The number of aromatic nitrogens is 2. The molecule has 160 valence electrons. The van der Waals surface area contributed by atoms with Gasteiger partial charge in [-0.25, -0.2) is 4.68 Å². The second-order valence-electron chi connectivity index (χ2n) is 7.51. The molecule has 3 heterocycles. The number of para-hydroxylation sites is 1. The molecule has 0 spiro atoms. The van der Waals surface area contributed by atoms with E-state index >= 15 is 0 Å². The molecular weight excluding hydrogens is 404 g/mol. The molecule has 0 aliphatic carbocycles. The van der Waals surface area contributed by atoms with Crippen molar-refractivity contribution in [2.45, 2.75) is 12.8 Å². The van der Waals surface area contributed by atoms with E-state index in [0.29, 0.717) is 30.3 Å². The topological polar surface area (TPSA) is 81.3 Å². The minimum Gasteiger partial charge on any atom is -0.463 e. The highest BCUT2D eigenvalue weighted by Gasteiger charge is 2.33. The molecule has 4 rings (SSSR count). The van der Waals surface area contributed by atoms with Gasteiger partial charge in [0.05, 0.1) is 18.6 Å². The number of nitrogens with zero attached hydrogens (tertiary/aromatic N) is 2. The van der Waals surface area contributed by atoms with E-state index in [4.69, 9.17) is 9.15 Å². The Bertz CT molecular complexity index is 929. The molecule has 8 heteroatoms. The number of carbonyl (C=O) groups is 1. The van der Waals surface area contributed by atoms with Gasteiger partial charge in [0.1, 0.15) is 11.4 Å². The fourth-order valence-corrected chi connectivity index (χ4v) is 3.85. The van der Waals surface area contributed by atoms with Crippen LogP contribution in [-0.4, -0.2) is 49.0 Å². The average molecular weight is 431 g/mol. The zero-order valence-corrected chi connectivity index (χ0v) is 17.8. The van der Waals surface area contributed by atoms with E-state index in [1.165, 1.54) is 0 Å². The zero-order valence-electron chi connectivity index (χ0n) is 17.0. The maximum atomic E-state index is 13.2. The minimum atomic E-state index is -0.159. The van der Waals surface area contributed by atoms with Gasteiger partial charge in [-0.15, -0.1) is 12.4 Å². The third-order valence-corrected chi connectivity index (χ3v) is 5.46. The molecule has 1 saturated heterocycles. The highest BCUT2D eigenvalue weighted by atomic mass is 35.5. The van der Waals surface area contributed by atoms with E-state index in [9.17, 15) is 4.79 Å². The number of carbonyl (C=O) groups excluding carboxylic acids is 1. The van der Waals surface area contributed by atoms with Crippen molar-refractivity contribution in [3.8, 4) is 17.1 Å². The van der Waals surface area contributed by atoms with Crippen LogP contribution in [-0.2, 0) is 4.74 Å². The Balaban J connectivity index is 0.00000256. The van der Waals surface area contributed by atoms with Crippen LogP contribution in [0, 0.1) is 5.41 Å². The standard InChI is InChI=1S/C22H26N4O3.ClH/c1-28-16-22(9-11-23-12-10-22)15-24-21(27)19-14-18(20-8-5-13-29-20)25-26(19)17-6-3-2-4-7-17;/h2-8,13-14,23H,9-12,15-16H2,1H3,(H,24,27);1H. The predicted molar refractivity (Wildman–Crippen MR) is 117 cm³/mol. The molecule has 30 heavy (non-hydrogen) atoms. The lowest BCUT2D eigenvalue weighted by Gasteiger charge is -2.37. The maximum Gasteiger partial charge on any atom is 0.270 e. The Labute approximate surface area is 182 Å². The van der Waals surface area contributed by atoms with E-state index in [2.05, 4.69) is 15.7 Å². The second kappa shape index (κ2) is 9.93. The molecule has 1 amide bonds. The zero-order chi connectivity index (χ0) is 20.1. The number of ether oxygens (including phenoxy) is 1. The lowest BCUT2D eigenvalue weighted by molar-refractivity contribution is 0.0510. The van der Waals surface area contributed by atoms with E-state index in [1.54, 1.807) is 24.1 Å². The van der Waals surface area contributed by atoms with Crippen molar-refractivity contribution in [2.24, 2.45) is 5.41 Å². The van der Waals surface area contributed by atoms with Crippen LogP contribution in [0.5, 0.6) is 0 Å². The van der Waals surface area contributed by atoms with Crippen LogP contribution in [0.3, 0.4) is 0 Å². The Kier molecular flexibility index (Phi) is 7.31. The highest BCUT2D eigenvalue weighted by molar-refractivity contribution is 5.94. The molecule has 0 unspecified atom stereocenters. The third kappa shape index (κ3) is 4.75. The fraction of sp³-hybridized carbons (Fsp3) is 0.364.